The van der Waals surface area contributed by atoms with E-state index in [4.69, 9.17) is 4.74 Å². The van der Waals surface area contributed by atoms with E-state index in [9.17, 15) is 4.79 Å². The molecule has 0 aliphatic carbocycles. The maximum absolute atomic E-state index is 12.8. The minimum Gasteiger partial charge on any atom is -0.497 e. The highest BCUT2D eigenvalue weighted by atomic mass is 16.5. The molecule has 0 saturated heterocycles. The first kappa shape index (κ1) is 18.0. The number of benzene rings is 3. The fraction of sp³-hybridized carbons (Fsp3) is 0.217. The summed E-state index contributed by atoms with van der Waals surface area (Å²) in [7, 11) is 3.51. The van der Waals surface area contributed by atoms with Crippen molar-refractivity contribution in [2.24, 2.45) is 0 Å². The Balaban J connectivity index is 1.51. The molecule has 142 valence electrons. The van der Waals surface area contributed by atoms with E-state index in [1.165, 1.54) is 0 Å². The van der Waals surface area contributed by atoms with Crippen LogP contribution in [0.2, 0.25) is 0 Å². The Hall–Kier alpha value is -3.34. The number of hydrogen-bond donors (Lipinski definition) is 0. The summed E-state index contributed by atoms with van der Waals surface area (Å²) in [5.74, 6) is 1.75. The molecular weight excluding hydrogens is 350 g/mol. The van der Waals surface area contributed by atoms with E-state index in [1.807, 2.05) is 61.0 Å². The fourth-order valence-electron chi connectivity index (χ4n) is 3.51. The van der Waals surface area contributed by atoms with Gasteiger partial charge in [-0.3, -0.25) is 4.79 Å². The lowest BCUT2D eigenvalue weighted by molar-refractivity contribution is -0.131. The number of carbonyl (C=O) groups is 1. The second kappa shape index (κ2) is 7.35. The van der Waals surface area contributed by atoms with Crippen LogP contribution < -0.4 is 4.74 Å². The van der Waals surface area contributed by atoms with Crippen LogP contribution in [0.1, 0.15) is 11.4 Å². The second-order valence-electron chi connectivity index (χ2n) is 7.03. The molecule has 0 unspecified atom stereocenters. The zero-order valence-corrected chi connectivity index (χ0v) is 16.3. The number of fused-ring (bicyclic) bond motifs is 2. The minimum absolute atomic E-state index is 0.0566. The quantitative estimate of drug-likeness (QED) is 0.528. The van der Waals surface area contributed by atoms with Crippen molar-refractivity contribution in [1.82, 2.24) is 14.5 Å². The van der Waals surface area contributed by atoms with Crippen molar-refractivity contribution in [2.45, 2.75) is 20.0 Å². The topological polar surface area (TPSA) is 47.4 Å². The number of imidazole rings is 1. The maximum atomic E-state index is 12.8. The van der Waals surface area contributed by atoms with E-state index in [1.54, 1.807) is 12.0 Å². The van der Waals surface area contributed by atoms with E-state index in [0.717, 1.165) is 38.9 Å². The number of nitrogens with zero attached hydrogens (tertiary/aromatic N) is 3. The Morgan fingerprint density at radius 3 is 2.64 bits per heavy atom. The second-order valence-corrected chi connectivity index (χ2v) is 7.03. The monoisotopic (exact) mass is 373 g/mol. The van der Waals surface area contributed by atoms with Crippen molar-refractivity contribution in [3.63, 3.8) is 0 Å². The highest BCUT2D eigenvalue weighted by molar-refractivity contribution is 5.85. The fourth-order valence-corrected chi connectivity index (χ4v) is 3.51. The standard InChI is InChI=1S/C23H23N3O2/c1-16-24-21-6-4-5-7-22(21)26(16)15-23(27)25(2)14-17-8-9-19-13-20(28-3)11-10-18(19)12-17/h4-13H,14-15H2,1-3H3. The zero-order valence-electron chi connectivity index (χ0n) is 16.3. The highest BCUT2D eigenvalue weighted by Crippen LogP contribution is 2.22. The SMILES string of the molecule is COc1ccc2cc(CN(C)C(=O)Cn3c(C)nc4ccccc43)ccc2c1. The van der Waals surface area contributed by atoms with Crippen molar-refractivity contribution in [1.29, 1.82) is 0 Å². The molecule has 4 rings (SSSR count). The molecule has 0 aliphatic rings. The normalized spacial score (nSPS) is 11.1. The van der Waals surface area contributed by atoms with E-state index < -0.39 is 0 Å². The number of aromatic nitrogens is 2. The third-order valence-electron chi connectivity index (χ3n) is 5.10. The van der Waals surface area contributed by atoms with Gasteiger partial charge in [0.15, 0.2) is 0 Å². The van der Waals surface area contributed by atoms with Crippen molar-refractivity contribution in [3.8, 4) is 5.75 Å². The summed E-state index contributed by atoms with van der Waals surface area (Å²) in [6, 6.07) is 20.2. The summed E-state index contributed by atoms with van der Waals surface area (Å²) < 4.78 is 7.25. The number of likely N-dealkylation sites (N-methyl/N-ethyl adjacent to an activating group) is 1. The molecule has 1 amide bonds. The van der Waals surface area contributed by atoms with E-state index in [0.29, 0.717) is 6.54 Å². The lowest BCUT2D eigenvalue weighted by Gasteiger charge is -2.19. The largest absolute Gasteiger partial charge is 0.497 e. The summed E-state index contributed by atoms with van der Waals surface area (Å²) in [4.78, 5) is 19.1. The van der Waals surface area contributed by atoms with Gasteiger partial charge in [0, 0.05) is 13.6 Å². The number of carbonyl (C=O) groups excluding carboxylic acids is 1. The van der Waals surface area contributed by atoms with E-state index in [-0.39, 0.29) is 12.5 Å². The van der Waals surface area contributed by atoms with Crippen LogP contribution in [0.5, 0.6) is 5.75 Å². The first-order valence-electron chi connectivity index (χ1n) is 9.27. The van der Waals surface area contributed by atoms with Gasteiger partial charge in [-0.1, -0.05) is 30.3 Å². The Morgan fingerprint density at radius 1 is 1.07 bits per heavy atom. The Morgan fingerprint density at radius 2 is 1.82 bits per heavy atom. The first-order chi connectivity index (χ1) is 13.5. The molecule has 5 nitrogen and oxygen atoms in total. The Kier molecular flexibility index (Phi) is 4.74. The van der Waals surface area contributed by atoms with Crippen LogP contribution in [0, 0.1) is 6.92 Å². The molecule has 0 fully saturated rings. The predicted octanol–water partition coefficient (Wildman–Crippen LogP) is 4.17. The third kappa shape index (κ3) is 3.43. The van der Waals surface area contributed by atoms with Gasteiger partial charge in [-0.25, -0.2) is 4.98 Å². The predicted molar refractivity (Wildman–Crippen MR) is 111 cm³/mol. The maximum Gasteiger partial charge on any atom is 0.242 e. The van der Waals surface area contributed by atoms with Crippen LogP contribution in [0.4, 0.5) is 0 Å². The number of ether oxygens (including phenoxy) is 1. The molecule has 0 N–H and O–H groups in total. The van der Waals surface area contributed by atoms with Crippen LogP contribution in [0.3, 0.4) is 0 Å². The van der Waals surface area contributed by atoms with Gasteiger partial charge in [0.05, 0.1) is 18.1 Å². The molecule has 1 aromatic heterocycles. The van der Waals surface area contributed by atoms with Crippen LogP contribution in [0.15, 0.2) is 60.7 Å². The van der Waals surface area contributed by atoms with Gasteiger partial charge < -0.3 is 14.2 Å². The van der Waals surface area contributed by atoms with Gasteiger partial charge in [0.1, 0.15) is 18.1 Å². The molecule has 3 aromatic carbocycles. The first-order valence-corrected chi connectivity index (χ1v) is 9.27. The molecule has 1 heterocycles. The average molecular weight is 373 g/mol. The lowest BCUT2D eigenvalue weighted by atomic mass is 10.1. The summed E-state index contributed by atoms with van der Waals surface area (Å²) in [6.07, 6.45) is 0. The molecule has 4 aromatic rings. The molecule has 0 radical (unpaired) electrons. The van der Waals surface area contributed by atoms with Gasteiger partial charge in [-0.05, 0) is 53.6 Å². The lowest BCUT2D eigenvalue weighted by Crippen LogP contribution is -2.30. The zero-order chi connectivity index (χ0) is 19.7. The molecule has 0 saturated carbocycles. The summed E-state index contributed by atoms with van der Waals surface area (Å²) in [5.41, 5.74) is 3.00. The highest BCUT2D eigenvalue weighted by Gasteiger charge is 2.14. The third-order valence-corrected chi connectivity index (χ3v) is 5.10. The summed E-state index contributed by atoms with van der Waals surface area (Å²) in [6.45, 7) is 2.78. The number of methoxy groups -OCH3 is 1. The van der Waals surface area contributed by atoms with Crippen molar-refractivity contribution >= 4 is 27.7 Å². The van der Waals surface area contributed by atoms with Gasteiger partial charge in [0.25, 0.3) is 0 Å². The van der Waals surface area contributed by atoms with Crippen molar-refractivity contribution < 1.29 is 9.53 Å². The molecular formula is C23H23N3O2. The summed E-state index contributed by atoms with van der Waals surface area (Å²) in [5, 5.41) is 2.26. The Labute approximate surface area is 164 Å². The van der Waals surface area contributed by atoms with Crippen LogP contribution in [0.25, 0.3) is 21.8 Å². The molecule has 0 bridgehead atoms. The van der Waals surface area contributed by atoms with E-state index >= 15 is 0 Å². The summed E-state index contributed by atoms with van der Waals surface area (Å²) >= 11 is 0. The van der Waals surface area contributed by atoms with Crippen molar-refractivity contribution in [2.75, 3.05) is 14.2 Å². The van der Waals surface area contributed by atoms with Gasteiger partial charge in [0.2, 0.25) is 5.91 Å². The molecule has 0 spiro atoms. The number of amides is 1. The van der Waals surface area contributed by atoms with Gasteiger partial charge in [-0.2, -0.15) is 0 Å². The smallest absolute Gasteiger partial charge is 0.242 e. The van der Waals surface area contributed by atoms with Crippen LogP contribution >= 0.6 is 0 Å². The Bertz CT molecular complexity index is 1160. The van der Waals surface area contributed by atoms with Gasteiger partial charge >= 0.3 is 0 Å². The minimum atomic E-state index is 0.0566. The number of hydrogen-bond acceptors (Lipinski definition) is 3. The van der Waals surface area contributed by atoms with Gasteiger partial charge in [-0.15, -0.1) is 0 Å². The molecule has 5 heteroatoms. The average Bonchev–Trinajstić information content (AvgIpc) is 3.02. The van der Waals surface area contributed by atoms with Crippen LogP contribution in [-0.2, 0) is 17.9 Å². The van der Waals surface area contributed by atoms with Crippen LogP contribution in [-0.4, -0.2) is 34.5 Å². The number of aryl methyl sites for hydroxylation is 1. The molecule has 28 heavy (non-hydrogen) atoms. The molecule has 0 atom stereocenters. The number of rotatable bonds is 5. The molecule has 0 aliphatic heterocycles. The number of para-hydroxylation sites is 2. The van der Waals surface area contributed by atoms with E-state index in [2.05, 4.69) is 23.2 Å². The van der Waals surface area contributed by atoms with Crippen molar-refractivity contribution in [3.05, 3.63) is 72.1 Å².